The van der Waals surface area contributed by atoms with E-state index in [9.17, 15) is 0 Å². The zero-order valence-corrected chi connectivity index (χ0v) is 13.6. The molecule has 21 heavy (non-hydrogen) atoms. The summed E-state index contributed by atoms with van der Waals surface area (Å²) in [6.07, 6.45) is 4.41. The third kappa shape index (κ3) is 5.64. The summed E-state index contributed by atoms with van der Waals surface area (Å²) in [5.74, 6) is 1.39. The number of aromatic nitrogens is 1. The molecule has 4 heteroatoms. The van der Waals surface area contributed by atoms with Gasteiger partial charge in [0.2, 0.25) is 5.88 Å². The van der Waals surface area contributed by atoms with Crippen LogP contribution in [-0.4, -0.2) is 29.8 Å². The van der Waals surface area contributed by atoms with Crippen molar-refractivity contribution in [1.29, 1.82) is 0 Å². The van der Waals surface area contributed by atoms with Gasteiger partial charge in [0.15, 0.2) is 0 Å². The highest BCUT2D eigenvalue weighted by molar-refractivity contribution is 5.20. The van der Waals surface area contributed by atoms with Crippen LogP contribution in [0.4, 0.5) is 0 Å². The van der Waals surface area contributed by atoms with Crippen molar-refractivity contribution >= 4 is 0 Å². The standard InChI is InChI=1S/C17H28N2O2/c1-12(2)10-18-11-15-5-6-19-17(9-15)21-16-7-13(3)20-14(4)8-16/h5-6,9,12-14,16,18H,7-8,10-11H2,1-4H3. The van der Waals surface area contributed by atoms with Gasteiger partial charge in [-0.05, 0) is 37.9 Å². The first-order valence-electron chi connectivity index (χ1n) is 8.00. The Bertz CT molecular complexity index is 427. The second-order valence-corrected chi connectivity index (χ2v) is 6.50. The summed E-state index contributed by atoms with van der Waals surface area (Å²) in [7, 11) is 0. The van der Waals surface area contributed by atoms with Gasteiger partial charge >= 0.3 is 0 Å². The van der Waals surface area contributed by atoms with Gasteiger partial charge in [-0.2, -0.15) is 0 Å². The van der Waals surface area contributed by atoms with Gasteiger partial charge in [-0.25, -0.2) is 4.98 Å². The summed E-state index contributed by atoms with van der Waals surface area (Å²) in [5, 5.41) is 3.44. The molecule has 2 unspecified atom stereocenters. The minimum Gasteiger partial charge on any atom is -0.474 e. The predicted molar refractivity (Wildman–Crippen MR) is 84.4 cm³/mol. The number of rotatable bonds is 6. The van der Waals surface area contributed by atoms with E-state index >= 15 is 0 Å². The highest BCUT2D eigenvalue weighted by atomic mass is 16.5. The van der Waals surface area contributed by atoms with Crippen LogP contribution in [0.1, 0.15) is 46.1 Å². The molecule has 118 valence electrons. The van der Waals surface area contributed by atoms with Gasteiger partial charge in [-0.3, -0.25) is 0 Å². The minimum atomic E-state index is 0.204. The van der Waals surface area contributed by atoms with Crippen molar-refractivity contribution in [3.63, 3.8) is 0 Å². The molecule has 1 aliphatic rings. The van der Waals surface area contributed by atoms with Crippen LogP contribution < -0.4 is 10.1 Å². The number of ether oxygens (including phenoxy) is 2. The van der Waals surface area contributed by atoms with Crippen molar-refractivity contribution in [3.05, 3.63) is 23.9 Å². The van der Waals surface area contributed by atoms with E-state index in [4.69, 9.17) is 9.47 Å². The first-order valence-corrected chi connectivity index (χ1v) is 8.00. The third-order valence-corrected chi connectivity index (χ3v) is 3.62. The lowest BCUT2D eigenvalue weighted by molar-refractivity contribution is -0.0729. The summed E-state index contributed by atoms with van der Waals surface area (Å²) in [4.78, 5) is 4.34. The maximum Gasteiger partial charge on any atom is 0.213 e. The molecule has 4 nitrogen and oxygen atoms in total. The van der Waals surface area contributed by atoms with Gasteiger partial charge in [-0.15, -0.1) is 0 Å². The first-order chi connectivity index (χ1) is 10.0. The molecule has 1 aromatic heterocycles. The van der Waals surface area contributed by atoms with E-state index in [0.717, 1.165) is 31.8 Å². The van der Waals surface area contributed by atoms with Crippen LogP contribution in [0.25, 0.3) is 0 Å². The molecule has 1 aliphatic heterocycles. The van der Waals surface area contributed by atoms with Crippen LogP contribution in [-0.2, 0) is 11.3 Å². The maximum absolute atomic E-state index is 6.05. The number of pyridine rings is 1. The lowest BCUT2D eigenvalue weighted by Crippen LogP contribution is -2.35. The van der Waals surface area contributed by atoms with Gasteiger partial charge in [0, 0.05) is 31.6 Å². The molecule has 0 saturated carbocycles. The van der Waals surface area contributed by atoms with Gasteiger partial charge in [0.1, 0.15) is 6.10 Å². The largest absolute Gasteiger partial charge is 0.474 e. The van der Waals surface area contributed by atoms with Crippen molar-refractivity contribution in [2.45, 2.75) is 65.4 Å². The number of nitrogens with zero attached hydrogens (tertiary/aromatic N) is 1. The molecule has 2 heterocycles. The Balaban J connectivity index is 1.88. The van der Waals surface area contributed by atoms with Gasteiger partial charge < -0.3 is 14.8 Å². The fraction of sp³-hybridized carbons (Fsp3) is 0.706. The van der Waals surface area contributed by atoms with E-state index in [1.54, 1.807) is 0 Å². The summed E-state index contributed by atoms with van der Waals surface area (Å²) in [6, 6.07) is 4.08. The Kier molecular flexibility index (Phi) is 6.00. The van der Waals surface area contributed by atoms with Crippen molar-refractivity contribution in [2.75, 3.05) is 6.54 Å². The van der Waals surface area contributed by atoms with Crippen molar-refractivity contribution < 1.29 is 9.47 Å². The van der Waals surface area contributed by atoms with Crippen LogP contribution in [0.2, 0.25) is 0 Å². The molecule has 0 bridgehead atoms. The molecule has 1 saturated heterocycles. The molecule has 0 aliphatic carbocycles. The van der Waals surface area contributed by atoms with Crippen molar-refractivity contribution in [1.82, 2.24) is 10.3 Å². The fourth-order valence-electron chi connectivity index (χ4n) is 2.74. The number of hydrogen-bond donors (Lipinski definition) is 1. The van der Waals surface area contributed by atoms with E-state index in [1.807, 2.05) is 18.3 Å². The van der Waals surface area contributed by atoms with Crippen LogP contribution in [0, 0.1) is 5.92 Å². The molecule has 1 N–H and O–H groups in total. The lowest BCUT2D eigenvalue weighted by atomic mass is 10.0. The second kappa shape index (κ2) is 7.76. The monoisotopic (exact) mass is 292 g/mol. The van der Waals surface area contributed by atoms with E-state index < -0.39 is 0 Å². The minimum absolute atomic E-state index is 0.204. The predicted octanol–water partition coefficient (Wildman–Crippen LogP) is 3.16. The smallest absolute Gasteiger partial charge is 0.213 e. The van der Waals surface area contributed by atoms with Crippen LogP contribution in [0.3, 0.4) is 0 Å². The normalized spacial score (nSPS) is 26.0. The molecular weight excluding hydrogens is 264 g/mol. The Morgan fingerprint density at radius 3 is 2.71 bits per heavy atom. The topological polar surface area (TPSA) is 43.4 Å². The van der Waals surface area contributed by atoms with Gasteiger partial charge in [0.25, 0.3) is 0 Å². The molecule has 0 amide bonds. The highest BCUT2D eigenvalue weighted by Crippen LogP contribution is 2.23. The lowest BCUT2D eigenvalue weighted by Gasteiger charge is -2.31. The zero-order valence-electron chi connectivity index (χ0n) is 13.6. The Labute approximate surface area is 128 Å². The molecule has 0 radical (unpaired) electrons. The van der Waals surface area contributed by atoms with Crippen LogP contribution in [0.15, 0.2) is 18.3 Å². The van der Waals surface area contributed by atoms with E-state index in [2.05, 4.69) is 38.0 Å². The molecule has 1 fully saturated rings. The van der Waals surface area contributed by atoms with Gasteiger partial charge in [0.05, 0.1) is 12.2 Å². The molecule has 0 spiro atoms. The zero-order chi connectivity index (χ0) is 15.2. The fourth-order valence-corrected chi connectivity index (χ4v) is 2.74. The van der Waals surface area contributed by atoms with Crippen LogP contribution in [0.5, 0.6) is 5.88 Å². The SMILES string of the molecule is CC(C)CNCc1ccnc(OC2CC(C)OC(C)C2)c1. The number of hydrogen-bond acceptors (Lipinski definition) is 4. The van der Waals surface area contributed by atoms with E-state index in [-0.39, 0.29) is 18.3 Å². The van der Waals surface area contributed by atoms with Crippen molar-refractivity contribution in [3.8, 4) is 5.88 Å². The Hall–Kier alpha value is -1.13. The molecular formula is C17H28N2O2. The quantitative estimate of drug-likeness (QED) is 0.874. The average molecular weight is 292 g/mol. The highest BCUT2D eigenvalue weighted by Gasteiger charge is 2.26. The summed E-state index contributed by atoms with van der Waals surface area (Å²) in [5.41, 5.74) is 1.22. The van der Waals surface area contributed by atoms with E-state index in [1.165, 1.54) is 5.56 Å². The van der Waals surface area contributed by atoms with Crippen LogP contribution >= 0.6 is 0 Å². The van der Waals surface area contributed by atoms with Gasteiger partial charge in [-0.1, -0.05) is 13.8 Å². The second-order valence-electron chi connectivity index (χ2n) is 6.50. The summed E-state index contributed by atoms with van der Waals surface area (Å²) < 4.78 is 11.8. The summed E-state index contributed by atoms with van der Waals surface area (Å²) >= 11 is 0. The van der Waals surface area contributed by atoms with Crippen molar-refractivity contribution in [2.24, 2.45) is 5.92 Å². The number of nitrogens with one attached hydrogen (secondary N) is 1. The summed E-state index contributed by atoms with van der Waals surface area (Å²) in [6.45, 7) is 10.5. The molecule has 0 aromatic carbocycles. The molecule has 2 rings (SSSR count). The Morgan fingerprint density at radius 2 is 2.05 bits per heavy atom. The third-order valence-electron chi connectivity index (χ3n) is 3.62. The average Bonchev–Trinajstić information content (AvgIpc) is 2.37. The molecule has 2 atom stereocenters. The molecule has 1 aromatic rings. The van der Waals surface area contributed by atoms with E-state index in [0.29, 0.717) is 5.92 Å². The Morgan fingerprint density at radius 1 is 1.33 bits per heavy atom. The maximum atomic E-state index is 6.05. The first kappa shape index (κ1) is 16.2.